The Kier molecular flexibility index (Phi) is 4.65. The molecule has 2 rings (SSSR count). The van der Waals surface area contributed by atoms with Gasteiger partial charge in [-0.2, -0.15) is 0 Å². The molecule has 0 aromatic carbocycles. The first-order chi connectivity index (χ1) is 7.84. The van der Waals surface area contributed by atoms with Crippen molar-refractivity contribution >= 4 is 0 Å². The molecule has 1 saturated carbocycles. The van der Waals surface area contributed by atoms with E-state index < -0.39 is 0 Å². The predicted octanol–water partition coefficient (Wildman–Crippen LogP) is 3.82. The summed E-state index contributed by atoms with van der Waals surface area (Å²) in [6.45, 7) is 3.44. The molecule has 0 amide bonds. The molecule has 2 aliphatic rings. The quantitative estimate of drug-likeness (QED) is 0.741. The summed E-state index contributed by atoms with van der Waals surface area (Å²) in [5.41, 5.74) is 1.57. The van der Waals surface area contributed by atoms with E-state index in [0.29, 0.717) is 6.04 Å². The molecule has 0 radical (unpaired) electrons. The highest BCUT2D eigenvalue weighted by Crippen LogP contribution is 2.28. The van der Waals surface area contributed by atoms with Gasteiger partial charge in [-0.15, -0.1) is 0 Å². The van der Waals surface area contributed by atoms with Gasteiger partial charge in [-0.25, -0.2) is 0 Å². The zero-order valence-electron chi connectivity index (χ0n) is 10.5. The monoisotopic (exact) mass is 219 g/mol. The van der Waals surface area contributed by atoms with Gasteiger partial charge in [-0.05, 0) is 32.1 Å². The number of rotatable bonds is 5. The minimum atomic E-state index is 0.690. The summed E-state index contributed by atoms with van der Waals surface area (Å²) < 4.78 is 0. The average Bonchev–Trinajstić information content (AvgIpc) is 2.81. The largest absolute Gasteiger partial charge is 0.311 e. The Bertz CT molecular complexity index is 259. The van der Waals surface area contributed by atoms with E-state index in [2.05, 4.69) is 30.5 Å². The highest BCUT2D eigenvalue weighted by molar-refractivity contribution is 5.18. The van der Waals surface area contributed by atoms with E-state index in [-0.39, 0.29) is 0 Å². The van der Waals surface area contributed by atoms with Crippen LogP contribution in [0.25, 0.3) is 0 Å². The summed E-state index contributed by atoms with van der Waals surface area (Å²) in [5, 5.41) is 3.68. The molecule has 1 atom stereocenters. The third-order valence-electron chi connectivity index (χ3n) is 3.94. The first-order valence-corrected chi connectivity index (χ1v) is 6.92. The molecule has 0 aliphatic heterocycles. The molecule has 1 N–H and O–H groups in total. The maximum absolute atomic E-state index is 3.68. The molecule has 1 fully saturated rings. The fourth-order valence-corrected chi connectivity index (χ4v) is 2.93. The number of allylic oxidation sites excluding steroid dienone is 3. The highest BCUT2D eigenvalue weighted by Gasteiger charge is 2.17. The molecule has 0 spiro atoms. The second kappa shape index (κ2) is 6.24. The molecule has 0 saturated heterocycles. The van der Waals surface area contributed by atoms with Gasteiger partial charge in [0.2, 0.25) is 0 Å². The van der Waals surface area contributed by atoms with Crippen molar-refractivity contribution in [1.82, 2.24) is 5.32 Å². The fraction of sp³-hybridized carbons (Fsp3) is 0.733. The van der Waals surface area contributed by atoms with E-state index in [1.165, 1.54) is 44.9 Å². The Labute approximate surface area is 100 Å². The third-order valence-corrected chi connectivity index (χ3v) is 3.94. The van der Waals surface area contributed by atoms with E-state index in [1.54, 1.807) is 5.57 Å². The van der Waals surface area contributed by atoms with Gasteiger partial charge in [0.25, 0.3) is 0 Å². The molecule has 0 aromatic rings. The highest BCUT2D eigenvalue weighted by atomic mass is 14.9. The Balaban J connectivity index is 1.64. The molecule has 1 nitrogen and oxygen atoms in total. The predicted molar refractivity (Wildman–Crippen MR) is 70.5 cm³/mol. The third kappa shape index (κ3) is 3.79. The van der Waals surface area contributed by atoms with Gasteiger partial charge in [-0.3, -0.25) is 0 Å². The molecule has 1 unspecified atom stereocenters. The molecule has 2 aliphatic carbocycles. The maximum Gasteiger partial charge on any atom is 0.0170 e. The van der Waals surface area contributed by atoms with Crippen LogP contribution < -0.4 is 5.32 Å². The lowest BCUT2D eigenvalue weighted by molar-refractivity contribution is 0.412. The second-order valence-corrected chi connectivity index (χ2v) is 5.46. The van der Waals surface area contributed by atoms with Crippen molar-refractivity contribution < 1.29 is 0 Å². The van der Waals surface area contributed by atoms with Crippen LogP contribution in [0, 0.1) is 5.92 Å². The minimum Gasteiger partial charge on any atom is -0.311 e. The molecule has 16 heavy (non-hydrogen) atoms. The van der Waals surface area contributed by atoms with Crippen molar-refractivity contribution in [1.29, 1.82) is 0 Å². The van der Waals surface area contributed by atoms with Gasteiger partial charge in [0, 0.05) is 12.6 Å². The summed E-state index contributed by atoms with van der Waals surface area (Å²) in [7, 11) is 0. The minimum absolute atomic E-state index is 0.690. The summed E-state index contributed by atoms with van der Waals surface area (Å²) in [6.07, 6.45) is 16.5. The standard InChI is InChI=1S/C15H25N/c1-13(11-14-7-5-6-8-14)16-12-15-9-3-2-4-10-15/h2-3,9,13-14,16H,4-8,10-12H2,1H3. The van der Waals surface area contributed by atoms with Crippen molar-refractivity contribution in [2.75, 3.05) is 6.54 Å². The van der Waals surface area contributed by atoms with Crippen LogP contribution >= 0.6 is 0 Å². The number of nitrogens with one attached hydrogen (secondary N) is 1. The molecular weight excluding hydrogens is 194 g/mol. The van der Waals surface area contributed by atoms with Crippen molar-refractivity contribution in [3.8, 4) is 0 Å². The van der Waals surface area contributed by atoms with Crippen LogP contribution in [-0.2, 0) is 0 Å². The molecule has 0 bridgehead atoms. The molecule has 0 aromatic heterocycles. The van der Waals surface area contributed by atoms with Gasteiger partial charge < -0.3 is 5.32 Å². The smallest absolute Gasteiger partial charge is 0.0170 e. The van der Waals surface area contributed by atoms with Crippen molar-refractivity contribution in [2.24, 2.45) is 5.92 Å². The van der Waals surface area contributed by atoms with E-state index in [4.69, 9.17) is 0 Å². The van der Waals surface area contributed by atoms with Gasteiger partial charge >= 0.3 is 0 Å². The van der Waals surface area contributed by atoms with Crippen molar-refractivity contribution in [3.05, 3.63) is 23.8 Å². The van der Waals surface area contributed by atoms with Crippen LogP contribution in [0.2, 0.25) is 0 Å². The van der Waals surface area contributed by atoms with Crippen LogP contribution in [0.5, 0.6) is 0 Å². The van der Waals surface area contributed by atoms with E-state index in [1.807, 2.05) is 0 Å². The van der Waals surface area contributed by atoms with Crippen LogP contribution in [0.1, 0.15) is 51.9 Å². The Morgan fingerprint density at radius 1 is 1.38 bits per heavy atom. The zero-order chi connectivity index (χ0) is 11.2. The van der Waals surface area contributed by atoms with Gasteiger partial charge in [0.1, 0.15) is 0 Å². The number of hydrogen-bond acceptors (Lipinski definition) is 1. The summed E-state index contributed by atoms with van der Waals surface area (Å²) in [6, 6.07) is 0.690. The molecular formula is C15H25N. The van der Waals surface area contributed by atoms with Crippen LogP contribution in [0.15, 0.2) is 23.8 Å². The number of hydrogen-bond donors (Lipinski definition) is 1. The van der Waals surface area contributed by atoms with Crippen LogP contribution in [-0.4, -0.2) is 12.6 Å². The molecule has 0 heterocycles. The topological polar surface area (TPSA) is 12.0 Å². The first-order valence-electron chi connectivity index (χ1n) is 6.92. The van der Waals surface area contributed by atoms with Crippen LogP contribution in [0.4, 0.5) is 0 Å². The Hall–Kier alpha value is -0.560. The first kappa shape index (κ1) is 11.9. The van der Waals surface area contributed by atoms with Crippen molar-refractivity contribution in [2.45, 2.75) is 57.9 Å². The lowest BCUT2D eigenvalue weighted by Gasteiger charge is -2.19. The second-order valence-electron chi connectivity index (χ2n) is 5.46. The Morgan fingerprint density at radius 2 is 2.19 bits per heavy atom. The summed E-state index contributed by atoms with van der Waals surface area (Å²) in [5.74, 6) is 1.00. The fourth-order valence-electron chi connectivity index (χ4n) is 2.93. The lowest BCUT2D eigenvalue weighted by Crippen LogP contribution is -2.29. The van der Waals surface area contributed by atoms with Crippen LogP contribution in [0.3, 0.4) is 0 Å². The molecule has 90 valence electrons. The van der Waals surface area contributed by atoms with Gasteiger partial charge in [0.15, 0.2) is 0 Å². The summed E-state index contributed by atoms with van der Waals surface area (Å²) >= 11 is 0. The van der Waals surface area contributed by atoms with Crippen molar-refractivity contribution in [3.63, 3.8) is 0 Å². The lowest BCUT2D eigenvalue weighted by atomic mass is 9.98. The average molecular weight is 219 g/mol. The molecule has 1 heteroatoms. The summed E-state index contributed by atoms with van der Waals surface area (Å²) in [4.78, 5) is 0. The van der Waals surface area contributed by atoms with E-state index >= 15 is 0 Å². The van der Waals surface area contributed by atoms with E-state index in [0.717, 1.165) is 12.5 Å². The maximum atomic E-state index is 3.68. The zero-order valence-corrected chi connectivity index (χ0v) is 10.5. The van der Waals surface area contributed by atoms with E-state index in [9.17, 15) is 0 Å². The Morgan fingerprint density at radius 3 is 2.88 bits per heavy atom. The SMILES string of the molecule is CC(CC1CCCC1)NCC1=CC=CCC1. The normalized spacial score (nSPS) is 23.4. The van der Waals surface area contributed by atoms with Gasteiger partial charge in [0.05, 0.1) is 0 Å². The van der Waals surface area contributed by atoms with Gasteiger partial charge in [-0.1, -0.05) is 49.5 Å².